The molecular formula is C12H20N4O2. The number of hydrogen-bond acceptors (Lipinski definition) is 4. The van der Waals surface area contributed by atoms with Crippen molar-refractivity contribution < 1.29 is 9.90 Å². The minimum atomic E-state index is -0.790. The zero-order chi connectivity index (χ0) is 13.2. The van der Waals surface area contributed by atoms with Gasteiger partial charge in [-0.2, -0.15) is 5.10 Å². The molecule has 2 unspecified atom stereocenters. The Bertz CT molecular complexity index is 431. The zero-order valence-corrected chi connectivity index (χ0v) is 10.6. The lowest BCUT2D eigenvalue weighted by atomic mass is 9.79. The van der Waals surface area contributed by atoms with Gasteiger partial charge in [0.25, 0.3) is 5.91 Å². The predicted molar refractivity (Wildman–Crippen MR) is 67.9 cm³/mol. The number of carbonyl (C=O) groups is 1. The number of aromatic amines is 1. The van der Waals surface area contributed by atoms with Crippen molar-refractivity contribution in [2.45, 2.75) is 38.2 Å². The number of rotatable bonds is 3. The first kappa shape index (κ1) is 12.9. The summed E-state index contributed by atoms with van der Waals surface area (Å²) in [5, 5.41) is 19.3. The number of H-pyrrole nitrogens is 1. The van der Waals surface area contributed by atoms with Crippen LogP contribution in [0.2, 0.25) is 0 Å². The SMILES string of the molecule is CC1CCCC(O)(CNC(=O)c2[nH]ncc2N)C1. The van der Waals surface area contributed by atoms with E-state index in [4.69, 9.17) is 5.73 Å². The molecule has 0 saturated heterocycles. The highest BCUT2D eigenvalue weighted by atomic mass is 16.3. The van der Waals surface area contributed by atoms with Crippen LogP contribution in [0.25, 0.3) is 0 Å². The highest BCUT2D eigenvalue weighted by Crippen LogP contribution is 2.31. The number of hydrogen-bond donors (Lipinski definition) is 4. The topological polar surface area (TPSA) is 104 Å². The Morgan fingerprint density at radius 1 is 1.78 bits per heavy atom. The summed E-state index contributed by atoms with van der Waals surface area (Å²) in [4.78, 5) is 11.8. The van der Waals surface area contributed by atoms with E-state index in [9.17, 15) is 9.90 Å². The third kappa shape index (κ3) is 2.81. The molecule has 6 nitrogen and oxygen atoms in total. The molecule has 0 spiro atoms. The molecule has 1 aliphatic carbocycles. The molecule has 6 heteroatoms. The number of nitrogens with two attached hydrogens (primary N) is 1. The maximum Gasteiger partial charge on any atom is 0.271 e. The minimum Gasteiger partial charge on any atom is -0.396 e. The Labute approximate surface area is 106 Å². The summed E-state index contributed by atoms with van der Waals surface area (Å²) in [6.07, 6.45) is 5.00. The highest BCUT2D eigenvalue weighted by Gasteiger charge is 2.33. The van der Waals surface area contributed by atoms with Crippen LogP contribution in [0.5, 0.6) is 0 Å². The molecule has 1 aromatic heterocycles. The molecule has 2 rings (SSSR count). The second-order valence-corrected chi connectivity index (χ2v) is 5.31. The van der Waals surface area contributed by atoms with Crippen LogP contribution in [0.3, 0.4) is 0 Å². The van der Waals surface area contributed by atoms with Gasteiger partial charge < -0.3 is 16.2 Å². The van der Waals surface area contributed by atoms with Gasteiger partial charge in [0.2, 0.25) is 0 Å². The molecule has 1 aromatic rings. The lowest BCUT2D eigenvalue weighted by Crippen LogP contribution is -2.45. The van der Waals surface area contributed by atoms with Crippen LogP contribution in [0.1, 0.15) is 43.1 Å². The van der Waals surface area contributed by atoms with Gasteiger partial charge in [0.05, 0.1) is 17.5 Å². The molecule has 100 valence electrons. The number of carbonyl (C=O) groups excluding carboxylic acids is 1. The third-order valence-corrected chi connectivity index (χ3v) is 3.54. The first-order valence-electron chi connectivity index (χ1n) is 6.29. The van der Waals surface area contributed by atoms with Crippen LogP contribution >= 0.6 is 0 Å². The first-order chi connectivity index (χ1) is 8.50. The van der Waals surface area contributed by atoms with E-state index >= 15 is 0 Å². The molecule has 1 aliphatic rings. The van der Waals surface area contributed by atoms with Gasteiger partial charge >= 0.3 is 0 Å². The van der Waals surface area contributed by atoms with Crippen molar-refractivity contribution >= 4 is 11.6 Å². The van der Waals surface area contributed by atoms with E-state index in [1.807, 2.05) is 0 Å². The van der Waals surface area contributed by atoms with E-state index in [0.29, 0.717) is 11.6 Å². The Morgan fingerprint density at radius 3 is 3.17 bits per heavy atom. The molecule has 2 atom stereocenters. The van der Waals surface area contributed by atoms with Crippen LogP contribution in [0.4, 0.5) is 5.69 Å². The number of nitrogens with zero attached hydrogens (tertiary/aromatic N) is 1. The third-order valence-electron chi connectivity index (χ3n) is 3.54. The number of nitrogen functional groups attached to an aromatic ring is 1. The molecule has 0 radical (unpaired) electrons. The van der Waals surface area contributed by atoms with Crippen molar-refractivity contribution in [2.24, 2.45) is 5.92 Å². The van der Waals surface area contributed by atoms with E-state index in [0.717, 1.165) is 25.7 Å². The largest absolute Gasteiger partial charge is 0.396 e. The summed E-state index contributed by atoms with van der Waals surface area (Å²) in [7, 11) is 0. The quantitative estimate of drug-likeness (QED) is 0.634. The molecule has 0 aliphatic heterocycles. The average molecular weight is 252 g/mol. The summed E-state index contributed by atoms with van der Waals surface area (Å²) in [6.45, 7) is 2.38. The van der Waals surface area contributed by atoms with Gasteiger partial charge in [-0.1, -0.05) is 19.8 Å². The van der Waals surface area contributed by atoms with Crippen molar-refractivity contribution in [3.63, 3.8) is 0 Å². The maximum absolute atomic E-state index is 11.8. The van der Waals surface area contributed by atoms with Crippen molar-refractivity contribution in [3.8, 4) is 0 Å². The van der Waals surface area contributed by atoms with Gasteiger partial charge in [-0.25, -0.2) is 0 Å². The first-order valence-corrected chi connectivity index (χ1v) is 6.29. The fourth-order valence-electron chi connectivity index (χ4n) is 2.60. The minimum absolute atomic E-state index is 0.252. The number of aromatic nitrogens is 2. The molecular weight excluding hydrogens is 232 g/mol. The summed E-state index contributed by atoms with van der Waals surface area (Å²) in [5.41, 5.74) is 5.37. The summed E-state index contributed by atoms with van der Waals surface area (Å²) in [5.74, 6) is 0.175. The Hall–Kier alpha value is -1.56. The van der Waals surface area contributed by atoms with Gasteiger partial charge in [0.1, 0.15) is 5.69 Å². The van der Waals surface area contributed by atoms with Gasteiger partial charge in [-0.05, 0) is 18.8 Å². The summed E-state index contributed by atoms with van der Waals surface area (Å²) >= 11 is 0. The molecule has 0 bridgehead atoms. The number of anilines is 1. The van der Waals surface area contributed by atoms with Crippen LogP contribution < -0.4 is 11.1 Å². The maximum atomic E-state index is 11.8. The standard InChI is InChI=1S/C12H20N4O2/c1-8-3-2-4-12(18,5-8)7-14-11(17)10-9(13)6-15-16-10/h6,8,18H,2-5,7,13H2,1H3,(H,14,17)(H,15,16). The molecule has 1 heterocycles. The lowest BCUT2D eigenvalue weighted by molar-refractivity contribution is -0.0109. The highest BCUT2D eigenvalue weighted by molar-refractivity contribution is 5.96. The fraction of sp³-hybridized carbons (Fsp3) is 0.667. The second kappa shape index (κ2) is 4.97. The van der Waals surface area contributed by atoms with Crippen LogP contribution in [0.15, 0.2) is 6.20 Å². The molecule has 0 aromatic carbocycles. The Kier molecular flexibility index (Phi) is 3.56. The number of nitrogens with one attached hydrogen (secondary N) is 2. The molecule has 5 N–H and O–H groups in total. The molecule has 18 heavy (non-hydrogen) atoms. The second-order valence-electron chi connectivity index (χ2n) is 5.31. The van der Waals surface area contributed by atoms with E-state index in [1.165, 1.54) is 6.20 Å². The summed E-state index contributed by atoms with van der Waals surface area (Å²) < 4.78 is 0. The van der Waals surface area contributed by atoms with E-state index in [2.05, 4.69) is 22.4 Å². The van der Waals surface area contributed by atoms with Gasteiger partial charge in [-0.3, -0.25) is 9.89 Å². The van der Waals surface area contributed by atoms with Crippen LogP contribution in [-0.4, -0.2) is 33.4 Å². The zero-order valence-electron chi connectivity index (χ0n) is 10.6. The summed E-state index contributed by atoms with van der Waals surface area (Å²) in [6, 6.07) is 0. The lowest BCUT2D eigenvalue weighted by Gasteiger charge is -2.35. The van der Waals surface area contributed by atoms with Crippen molar-refractivity contribution in [1.82, 2.24) is 15.5 Å². The fourth-order valence-corrected chi connectivity index (χ4v) is 2.60. The molecule has 1 fully saturated rings. The smallest absolute Gasteiger partial charge is 0.271 e. The van der Waals surface area contributed by atoms with Crippen molar-refractivity contribution in [1.29, 1.82) is 0 Å². The van der Waals surface area contributed by atoms with E-state index < -0.39 is 5.60 Å². The van der Waals surface area contributed by atoms with Crippen LogP contribution in [-0.2, 0) is 0 Å². The van der Waals surface area contributed by atoms with Gasteiger partial charge in [0, 0.05) is 6.54 Å². The normalized spacial score (nSPS) is 28.0. The van der Waals surface area contributed by atoms with Crippen LogP contribution in [0, 0.1) is 5.92 Å². The van der Waals surface area contributed by atoms with Gasteiger partial charge in [0.15, 0.2) is 0 Å². The number of aliphatic hydroxyl groups is 1. The van der Waals surface area contributed by atoms with Gasteiger partial charge in [-0.15, -0.1) is 0 Å². The molecule has 1 amide bonds. The van der Waals surface area contributed by atoms with Crippen molar-refractivity contribution in [2.75, 3.05) is 12.3 Å². The number of amides is 1. The average Bonchev–Trinajstić information content (AvgIpc) is 2.72. The van der Waals surface area contributed by atoms with E-state index in [1.54, 1.807) is 0 Å². The molecule has 1 saturated carbocycles. The van der Waals surface area contributed by atoms with Crippen molar-refractivity contribution in [3.05, 3.63) is 11.9 Å². The Balaban J connectivity index is 1.91. The Morgan fingerprint density at radius 2 is 2.56 bits per heavy atom. The monoisotopic (exact) mass is 252 g/mol. The van der Waals surface area contributed by atoms with E-state index in [-0.39, 0.29) is 18.1 Å². The predicted octanol–water partition coefficient (Wildman–Crippen LogP) is 0.663.